The minimum absolute atomic E-state index is 0.217. The highest BCUT2D eigenvalue weighted by Crippen LogP contribution is 2.26. The Labute approximate surface area is 107 Å². The molecule has 2 aromatic rings. The van der Waals surface area contributed by atoms with Crippen LogP contribution in [0.15, 0.2) is 41.6 Å². The van der Waals surface area contributed by atoms with Crippen molar-refractivity contribution in [3.63, 3.8) is 0 Å². The molecule has 0 aliphatic rings. The van der Waals surface area contributed by atoms with Crippen LogP contribution in [0, 0.1) is 11.6 Å². The Morgan fingerprint density at radius 3 is 2.47 bits per heavy atom. The summed E-state index contributed by atoms with van der Waals surface area (Å²) in [5, 5.41) is 9.40. The molecule has 0 aliphatic heterocycles. The summed E-state index contributed by atoms with van der Waals surface area (Å²) in [6.45, 7) is 0. The predicted octanol–water partition coefficient (Wildman–Crippen LogP) is 1.87. The maximum absolute atomic E-state index is 12.9. The molecule has 1 aromatic heterocycles. The number of phenolic OH excluding ortho intramolecular Hbond substituents is 1. The molecule has 1 aromatic carbocycles. The molecule has 0 saturated heterocycles. The zero-order valence-corrected chi connectivity index (χ0v) is 10.2. The number of phenols is 1. The van der Waals surface area contributed by atoms with E-state index >= 15 is 0 Å². The van der Waals surface area contributed by atoms with E-state index in [1.54, 1.807) is 0 Å². The fourth-order valence-corrected chi connectivity index (χ4v) is 2.38. The van der Waals surface area contributed by atoms with Crippen molar-refractivity contribution in [3.8, 4) is 5.75 Å². The van der Waals surface area contributed by atoms with Gasteiger partial charge < -0.3 is 5.11 Å². The van der Waals surface area contributed by atoms with E-state index in [2.05, 4.69) is 4.98 Å². The molecule has 2 rings (SSSR count). The molecule has 0 spiro atoms. The van der Waals surface area contributed by atoms with Crippen LogP contribution in [-0.2, 0) is 10.0 Å². The van der Waals surface area contributed by atoms with Crippen LogP contribution in [0.5, 0.6) is 5.75 Å². The monoisotopic (exact) mass is 286 g/mol. The zero-order chi connectivity index (χ0) is 14.0. The van der Waals surface area contributed by atoms with Crippen molar-refractivity contribution in [2.24, 2.45) is 0 Å². The molecule has 5 nitrogen and oxygen atoms in total. The molecule has 0 aliphatic carbocycles. The lowest BCUT2D eigenvalue weighted by molar-refractivity contribution is 0.471. The van der Waals surface area contributed by atoms with Crippen molar-refractivity contribution in [3.05, 3.63) is 48.3 Å². The predicted molar refractivity (Wildman–Crippen MR) is 63.1 cm³/mol. The van der Waals surface area contributed by atoms with Crippen molar-refractivity contribution < 1.29 is 22.3 Å². The van der Waals surface area contributed by atoms with Crippen molar-refractivity contribution in [1.82, 2.24) is 4.98 Å². The third kappa shape index (κ3) is 2.97. The number of aromatic nitrogens is 1. The zero-order valence-electron chi connectivity index (χ0n) is 9.34. The van der Waals surface area contributed by atoms with Crippen molar-refractivity contribution >= 4 is 15.7 Å². The molecule has 0 unspecified atom stereocenters. The van der Waals surface area contributed by atoms with Crippen molar-refractivity contribution in [1.29, 1.82) is 0 Å². The van der Waals surface area contributed by atoms with E-state index in [4.69, 9.17) is 0 Å². The lowest BCUT2D eigenvalue weighted by Gasteiger charge is -2.09. The molecule has 19 heavy (non-hydrogen) atoms. The van der Waals surface area contributed by atoms with Gasteiger partial charge in [0.25, 0.3) is 10.0 Å². The number of aromatic hydroxyl groups is 1. The Balaban J connectivity index is 2.36. The van der Waals surface area contributed by atoms with Crippen LogP contribution in [0.1, 0.15) is 0 Å². The Bertz CT molecular complexity index is 720. The van der Waals surface area contributed by atoms with Gasteiger partial charge in [0.05, 0.1) is 11.9 Å². The lowest BCUT2D eigenvalue weighted by atomic mass is 10.3. The molecule has 0 atom stereocenters. The maximum atomic E-state index is 12.9. The van der Waals surface area contributed by atoms with E-state index in [1.807, 2.05) is 4.72 Å². The molecule has 0 amide bonds. The van der Waals surface area contributed by atoms with Gasteiger partial charge in [0.15, 0.2) is 0 Å². The van der Waals surface area contributed by atoms with Gasteiger partial charge in [-0.1, -0.05) is 0 Å². The number of halogens is 2. The molecule has 0 bridgehead atoms. The van der Waals surface area contributed by atoms with Gasteiger partial charge in [-0.2, -0.15) is 0 Å². The number of benzene rings is 1. The van der Waals surface area contributed by atoms with Crippen molar-refractivity contribution in [2.45, 2.75) is 4.90 Å². The summed E-state index contributed by atoms with van der Waals surface area (Å²) >= 11 is 0. The SMILES string of the molecule is O=S(=O)(Nc1ccc(F)cc1O)c1cncc(F)c1. The Kier molecular flexibility index (Phi) is 3.34. The van der Waals surface area contributed by atoms with Gasteiger partial charge in [-0.15, -0.1) is 0 Å². The molecule has 0 fully saturated rings. The van der Waals surface area contributed by atoms with Gasteiger partial charge in [0.1, 0.15) is 22.3 Å². The average molecular weight is 286 g/mol. The number of anilines is 1. The molecular formula is C11H8F2N2O3S. The second-order valence-electron chi connectivity index (χ2n) is 3.61. The number of sulfonamides is 1. The highest BCUT2D eigenvalue weighted by atomic mass is 32.2. The van der Waals surface area contributed by atoms with Gasteiger partial charge in [-0.3, -0.25) is 9.71 Å². The Hall–Kier alpha value is -2.22. The molecule has 0 saturated carbocycles. The molecule has 100 valence electrons. The minimum Gasteiger partial charge on any atom is -0.506 e. The quantitative estimate of drug-likeness (QED) is 0.844. The number of hydrogen-bond donors (Lipinski definition) is 2. The average Bonchev–Trinajstić information content (AvgIpc) is 2.33. The van der Waals surface area contributed by atoms with Gasteiger partial charge in [-0.05, 0) is 18.2 Å². The second kappa shape index (κ2) is 4.81. The Morgan fingerprint density at radius 1 is 1.11 bits per heavy atom. The van der Waals surface area contributed by atoms with Crippen LogP contribution < -0.4 is 4.72 Å². The number of rotatable bonds is 3. The van der Waals surface area contributed by atoms with Crippen LogP contribution in [0.4, 0.5) is 14.5 Å². The van der Waals surface area contributed by atoms with E-state index in [0.29, 0.717) is 0 Å². The summed E-state index contributed by atoms with van der Waals surface area (Å²) in [5.41, 5.74) is -0.217. The van der Waals surface area contributed by atoms with E-state index in [1.165, 1.54) is 0 Å². The van der Waals surface area contributed by atoms with E-state index in [9.17, 15) is 22.3 Å². The van der Waals surface area contributed by atoms with Gasteiger partial charge in [-0.25, -0.2) is 17.2 Å². The van der Waals surface area contributed by atoms with Crippen LogP contribution >= 0.6 is 0 Å². The summed E-state index contributed by atoms with van der Waals surface area (Å²) in [6, 6.07) is 3.55. The number of nitrogens with one attached hydrogen (secondary N) is 1. The first-order valence-electron chi connectivity index (χ1n) is 5.00. The van der Waals surface area contributed by atoms with Gasteiger partial charge in [0.2, 0.25) is 0 Å². The lowest BCUT2D eigenvalue weighted by Crippen LogP contribution is -2.13. The summed E-state index contributed by atoms with van der Waals surface area (Å²) in [4.78, 5) is 3.01. The first kappa shape index (κ1) is 13.2. The number of hydrogen-bond acceptors (Lipinski definition) is 4. The molecule has 1 heterocycles. The van der Waals surface area contributed by atoms with Crippen LogP contribution in [0.25, 0.3) is 0 Å². The van der Waals surface area contributed by atoms with Crippen LogP contribution in [0.2, 0.25) is 0 Å². The highest BCUT2D eigenvalue weighted by Gasteiger charge is 2.17. The van der Waals surface area contributed by atoms with E-state index in [0.717, 1.165) is 36.7 Å². The Morgan fingerprint density at radius 2 is 1.84 bits per heavy atom. The highest BCUT2D eigenvalue weighted by molar-refractivity contribution is 7.92. The van der Waals surface area contributed by atoms with Gasteiger partial charge >= 0.3 is 0 Å². The normalized spacial score (nSPS) is 11.3. The summed E-state index contributed by atoms with van der Waals surface area (Å²) in [5.74, 6) is -2.10. The summed E-state index contributed by atoms with van der Waals surface area (Å²) < 4.78 is 51.4. The standard InChI is InChI=1S/C11H8F2N2O3S/c12-7-1-2-10(11(16)4-7)15-19(17,18)9-3-8(13)5-14-6-9/h1-6,15-16H. The van der Waals surface area contributed by atoms with Gasteiger partial charge in [0, 0.05) is 12.3 Å². The number of pyridine rings is 1. The molecule has 0 radical (unpaired) electrons. The first-order valence-corrected chi connectivity index (χ1v) is 6.49. The molecular weight excluding hydrogens is 278 g/mol. The first-order chi connectivity index (χ1) is 8.88. The van der Waals surface area contributed by atoms with E-state index < -0.39 is 32.3 Å². The minimum atomic E-state index is -4.11. The molecule has 2 N–H and O–H groups in total. The van der Waals surface area contributed by atoms with Crippen LogP contribution in [-0.4, -0.2) is 18.5 Å². The topological polar surface area (TPSA) is 79.3 Å². The number of nitrogens with zero attached hydrogens (tertiary/aromatic N) is 1. The largest absolute Gasteiger partial charge is 0.506 e. The third-order valence-corrected chi connectivity index (χ3v) is 3.53. The fraction of sp³-hybridized carbons (Fsp3) is 0. The molecule has 8 heteroatoms. The smallest absolute Gasteiger partial charge is 0.263 e. The second-order valence-corrected chi connectivity index (χ2v) is 5.29. The maximum Gasteiger partial charge on any atom is 0.263 e. The third-order valence-electron chi connectivity index (χ3n) is 2.19. The fourth-order valence-electron chi connectivity index (χ4n) is 1.33. The van der Waals surface area contributed by atoms with E-state index in [-0.39, 0.29) is 5.69 Å². The van der Waals surface area contributed by atoms with Crippen LogP contribution in [0.3, 0.4) is 0 Å². The summed E-state index contributed by atoms with van der Waals surface area (Å²) in [7, 11) is -4.11. The summed E-state index contributed by atoms with van der Waals surface area (Å²) in [6.07, 6.45) is 1.81. The van der Waals surface area contributed by atoms with Crippen molar-refractivity contribution in [2.75, 3.05) is 4.72 Å².